The van der Waals surface area contributed by atoms with Crippen LogP contribution in [-0.2, 0) is 0 Å². The number of carbonyl (C=O) groups excluding carboxylic acids is 2. The van der Waals surface area contributed by atoms with E-state index < -0.39 is 0 Å². The van der Waals surface area contributed by atoms with Gasteiger partial charge in [0.05, 0.1) is 19.7 Å². The molecule has 0 aliphatic rings. The summed E-state index contributed by atoms with van der Waals surface area (Å²) in [5, 5.41) is 0.883. The molecule has 160 valence electrons. The average Bonchev–Trinajstić information content (AvgIpc) is 3.21. The number of hydrogen-bond donors (Lipinski definition) is 0. The van der Waals surface area contributed by atoms with Crippen LogP contribution in [0.25, 0.3) is 17.0 Å². The van der Waals surface area contributed by atoms with Gasteiger partial charge < -0.3 is 9.47 Å². The maximum atomic E-state index is 13.1. The van der Waals surface area contributed by atoms with Gasteiger partial charge in [-0.3, -0.25) is 14.2 Å². The summed E-state index contributed by atoms with van der Waals surface area (Å²) in [7, 11) is 2.97. The minimum absolute atomic E-state index is 0.131. The molecule has 4 rings (SSSR count). The van der Waals surface area contributed by atoms with Crippen molar-refractivity contribution in [1.82, 2.24) is 9.55 Å². The molecule has 0 unspecified atom stereocenters. The molecule has 32 heavy (non-hydrogen) atoms. The fraction of sp³-hybridized carbons (Fsp3) is 0.115. The molecular formula is C26H22N2O4. The van der Waals surface area contributed by atoms with E-state index in [9.17, 15) is 9.59 Å². The highest BCUT2D eigenvalue weighted by atomic mass is 16.5. The quantitative estimate of drug-likeness (QED) is 0.320. The predicted molar refractivity (Wildman–Crippen MR) is 123 cm³/mol. The molecule has 0 fully saturated rings. The van der Waals surface area contributed by atoms with Gasteiger partial charge in [-0.05, 0) is 36.8 Å². The maximum Gasteiger partial charge on any atom is 0.262 e. The molecule has 0 aliphatic carbocycles. The fourth-order valence-electron chi connectivity index (χ4n) is 3.56. The van der Waals surface area contributed by atoms with Crippen molar-refractivity contribution in [2.45, 2.75) is 6.92 Å². The minimum atomic E-state index is -0.185. The van der Waals surface area contributed by atoms with E-state index in [-0.39, 0.29) is 11.7 Å². The lowest BCUT2D eigenvalue weighted by molar-refractivity contribution is 0.0964. The van der Waals surface area contributed by atoms with Crippen molar-refractivity contribution < 1.29 is 19.1 Å². The Labute approximate surface area is 185 Å². The Bertz CT molecular complexity index is 1310. The van der Waals surface area contributed by atoms with Gasteiger partial charge >= 0.3 is 0 Å². The summed E-state index contributed by atoms with van der Waals surface area (Å²) < 4.78 is 12.0. The van der Waals surface area contributed by atoms with Crippen molar-refractivity contribution >= 4 is 28.7 Å². The Balaban J connectivity index is 1.76. The Morgan fingerprint density at radius 3 is 2.16 bits per heavy atom. The van der Waals surface area contributed by atoms with Crippen LogP contribution in [0.4, 0.5) is 0 Å². The van der Waals surface area contributed by atoms with E-state index in [0.717, 1.165) is 16.5 Å². The molecule has 0 spiro atoms. The first-order valence-corrected chi connectivity index (χ1v) is 10.0. The van der Waals surface area contributed by atoms with Crippen molar-refractivity contribution in [1.29, 1.82) is 0 Å². The zero-order valence-electron chi connectivity index (χ0n) is 18.0. The number of hydrogen-bond acceptors (Lipinski definition) is 5. The number of pyridine rings is 1. The molecule has 0 atom stereocenters. The average molecular weight is 426 g/mol. The van der Waals surface area contributed by atoms with E-state index in [1.54, 1.807) is 48.0 Å². The first-order chi connectivity index (χ1) is 15.5. The number of ketones is 1. The van der Waals surface area contributed by atoms with Gasteiger partial charge in [-0.25, -0.2) is 0 Å². The molecular weight excluding hydrogens is 404 g/mol. The zero-order chi connectivity index (χ0) is 22.7. The zero-order valence-corrected chi connectivity index (χ0v) is 18.0. The third-order valence-corrected chi connectivity index (χ3v) is 5.17. The van der Waals surface area contributed by atoms with Crippen LogP contribution >= 0.6 is 0 Å². The highest BCUT2D eigenvalue weighted by Gasteiger charge is 2.17. The van der Waals surface area contributed by atoms with E-state index in [4.69, 9.17) is 9.47 Å². The second-order valence-corrected chi connectivity index (χ2v) is 7.24. The van der Waals surface area contributed by atoms with E-state index >= 15 is 0 Å². The number of rotatable bonds is 6. The Kier molecular flexibility index (Phi) is 5.85. The summed E-state index contributed by atoms with van der Waals surface area (Å²) in [4.78, 5) is 30.3. The van der Waals surface area contributed by atoms with Gasteiger partial charge in [0.25, 0.3) is 5.91 Å². The smallest absolute Gasteiger partial charge is 0.262 e. The Hall–Kier alpha value is -4.19. The molecule has 2 aromatic carbocycles. The van der Waals surface area contributed by atoms with Gasteiger partial charge in [0.15, 0.2) is 5.78 Å². The van der Waals surface area contributed by atoms with Crippen molar-refractivity contribution in [2.75, 3.05) is 14.2 Å². The number of nitrogens with zero attached hydrogens (tertiary/aromatic N) is 2. The largest absolute Gasteiger partial charge is 0.481 e. The maximum absolute atomic E-state index is 13.1. The molecule has 2 aromatic heterocycles. The first-order valence-electron chi connectivity index (χ1n) is 10.0. The second kappa shape index (κ2) is 8.89. The minimum Gasteiger partial charge on any atom is -0.481 e. The second-order valence-electron chi connectivity index (χ2n) is 7.24. The van der Waals surface area contributed by atoms with Gasteiger partial charge in [0.1, 0.15) is 0 Å². The fourth-order valence-corrected chi connectivity index (χ4v) is 3.56. The van der Waals surface area contributed by atoms with Crippen molar-refractivity contribution in [3.05, 3.63) is 95.2 Å². The lowest BCUT2D eigenvalue weighted by Crippen LogP contribution is -2.10. The molecule has 6 nitrogen and oxygen atoms in total. The molecule has 6 heteroatoms. The lowest BCUT2D eigenvalue weighted by Gasteiger charge is -2.07. The van der Waals surface area contributed by atoms with Crippen LogP contribution in [0.1, 0.15) is 33.2 Å². The third kappa shape index (κ3) is 4.03. The number of methoxy groups -OCH3 is 2. The summed E-state index contributed by atoms with van der Waals surface area (Å²) in [5.74, 6) is 0.278. The standard InChI is InChI=1S/C26H22N2O4/c1-17(25(29)19-14-23(31-2)27-24(15-19)32-3)13-20-16-28(22-12-8-7-11-21(20)22)26(30)18-9-5-4-6-10-18/h4-16H,1-3H3/b17-13+. The topological polar surface area (TPSA) is 70.4 Å². The molecule has 4 aromatic rings. The SMILES string of the molecule is COc1cc(C(=O)/C(C)=C/c2cn(C(=O)c3ccccc3)c3ccccc23)cc(OC)n1. The number of carbonyl (C=O) groups is 2. The summed E-state index contributed by atoms with van der Waals surface area (Å²) >= 11 is 0. The molecule has 2 heterocycles. The summed E-state index contributed by atoms with van der Waals surface area (Å²) in [6, 6.07) is 19.9. The predicted octanol–water partition coefficient (Wildman–Crippen LogP) is 5.03. The summed E-state index contributed by atoms with van der Waals surface area (Å²) in [5.41, 5.74) is 3.07. The summed E-state index contributed by atoms with van der Waals surface area (Å²) in [6.07, 6.45) is 3.56. The van der Waals surface area contributed by atoms with Crippen LogP contribution < -0.4 is 9.47 Å². The summed E-state index contributed by atoms with van der Waals surface area (Å²) in [6.45, 7) is 1.74. The van der Waals surface area contributed by atoms with Gasteiger partial charge in [-0.2, -0.15) is 4.98 Å². The number of fused-ring (bicyclic) bond motifs is 1. The number of allylic oxidation sites excluding steroid dienone is 1. The molecule has 0 amide bonds. The van der Waals surface area contributed by atoms with Crippen LogP contribution in [-0.4, -0.2) is 35.5 Å². The van der Waals surface area contributed by atoms with Crippen LogP contribution in [0.2, 0.25) is 0 Å². The van der Waals surface area contributed by atoms with E-state index in [0.29, 0.717) is 28.5 Å². The number of ether oxygens (including phenoxy) is 2. The Morgan fingerprint density at radius 1 is 0.875 bits per heavy atom. The van der Waals surface area contributed by atoms with Gasteiger partial charge in [0.2, 0.25) is 11.8 Å². The monoisotopic (exact) mass is 426 g/mol. The van der Waals surface area contributed by atoms with Gasteiger partial charge in [-0.15, -0.1) is 0 Å². The van der Waals surface area contributed by atoms with Crippen LogP contribution in [0.3, 0.4) is 0 Å². The lowest BCUT2D eigenvalue weighted by atomic mass is 10.0. The molecule has 0 N–H and O–H groups in total. The first kappa shape index (κ1) is 21.1. The van der Waals surface area contributed by atoms with E-state index in [1.807, 2.05) is 42.5 Å². The number of para-hydroxylation sites is 1. The van der Waals surface area contributed by atoms with Crippen molar-refractivity contribution in [2.24, 2.45) is 0 Å². The number of Topliss-reactive ketones (excluding diaryl/α,β-unsaturated/α-hetero) is 1. The van der Waals surface area contributed by atoms with Crippen LogP contribution in [0, 0.1) is 0 Å². The van der Waals surface area contributed by atoms with Crippen molar-refractivity contribution in [3.8, 4) is 11.8 Å². The molecule has 0 aliphatic heterocycles. The highest BCUT2D eigenvalue weighted by Crippen LogP contribution is 2.26. The molecule has 0 bridgehead atoms. The molecule has 0 saturated heterocycles. The van der Waals surface area contributed by atoms with Gasteiger partial charge in [-0.1, -0.05) is 36.4 Å². The van der Waals surface area contributed by atoms with Crippen molar-refractivity contribution in [3.63, 3.8) is 0 Å². The highest BCUT2D eigenvalue weighted by molar-refractivity contribution is 6.12. The Morgan fingerprint density at radius 2 is 1.50 bits per heavy atom. The molecule has 0 saturated carbocycles. The third-order valence-electron chi connectivity index (χ3n) is 5.17. The normalized spacial score (nSPS) is 11.4. The van der Waals surface area contributed by atoms with Crippen LogP contribution in [0.15, 0.2) is 78.5 Å². The van der Waals surface area contributed by atoms with Gasteiger partial charge in [0, 0.05) is 40.4 Å². The van der Waals surface area contributed by atoms with E-state index in [1.165, 1.54) is 14.2 Å². The molecule has 0 radical (unpaired) electrons. The number of aromatic nitrogens is 2. The van der Waals surface area contributed by atoms with Crippen LogP contribution in [0.5, 0.6) is 11.8 Å². The number of benzene rings is 2. The van der Waals surface area contributed by atoms with E-state index in [2.05, 4.69) is 4.98 Å².